The molecule has 0 fully saturated rings. The van der Waals surface area contributed by atoms with Crippen molar-refractivity contribution in [2.24, 2.45) is 0 Å². The molecule has 0 saturated carbocycles. The second kappa shape index (κ2) is 4.00. The van der Waals surface area contributed by atoms with Crippen LogP contribution in [0.25, 0.3) is 0 Å². The van der Waals surface area contributed by atoms with E-state index >= 15 is 0 Å². The fourth-order valence-electron chi connectivity index (χ4n) is 1.21. The molecule has 0 saturated heterocycles. The van der Waals surface area contributed by atoms with Gasteiger partial charge in [-0.1, -0.05) is 0 Å². The van der Waals surface area contributed by atoms with Crippen LogP contribution in [0.2, 0.25) is 0 Å². The lowest BCUT2D eigenvalue weighted by Gasteiger charge is -2.08. The number of halogens is 2. The van der Waals surface area contributed by atoms with Crippen LogP contribution in [-0.2, 0) is 0 Å². The molecule has 0 aliphatic rings. The minimum atomic E-state index is -3.01. The van der Waals surface area contributed by atoms with Gasteiger partial charge in [-0.2, -0.15) is 5.26 Å². The van der Waals surface area contributed by atoms with Crippen LogP contribution in [0.1, 0.15) is 33.6 Å². The molecule has 1 N–H and O–H groups in total. The van der Waals surface area contributed by atoms with Crippen LogP contribution >= 0.6 is 0 Å². The van der Waals surface area contributed by atoms with Gasteiger partial charge in [0.2, 0.25) is 0 Å². The van der Waals surface area contributed by atoms with Gasteiger partial charge >= 0.3 is 5.97 Å². The smallest absolute Gasteiger partial charge is 0.338 e. The summed E-state index contributed by atoms with van der Waals surface area (Å²) in [5.74, 6) is -1.51. The van der Waals surface area contributed by atoms with E-state index in [1.807, 2.05) is 0 Å². The van der Waals surface area contributed by atoms with Crippen molar-refractivity contribution in [3.05, 3.63) is 28.6 Å². The normalized spacial score (nSPS) is 10.1. The molecule has 0 aliphatic carbocycles. The Labute approximate surface area is 83.8 Å². The number of aromatic carboxylic acids is 1. The van der Waals surface area contributed by atoms with E-state index in [1.54, 1.807) is 0 Å². The lowest BCUT2D eigenvalue weighted by atomic mass is 10.0. The first kappa shape index (κ1) is 11.0. The molecule has 1 aromatic heterocycles. The van der Waals surface area contributed by atoms with Crippen molar-refractivity contribution in [3.8, 4) is 6.07 Å². The van der Waals surface area contributed by atoms with Crippen molar-refractivity contribution in [1.82, 2.24) is 4.98 Å². The maximum atomic E-state index is 12.6. The number of rotatable bonds is 2. The third-order valence-electron chi connectivity index (χ3n) is 1.86. The zero-order valence-electron chi connectivity index (χ0n) is 7.66. The van der Waals surface area contributed by atoms with Gasteiger partial charge < -0.3 is 5.11 Å². The fourth-order valence-corrected chi connectivity index (χ4v) is 1.21. The molecule has 0 radical (unpaired) electrons. The molecule has 0 unspecified atom stereocenters. The predicted octanol–water partition coefficient (Wildman–Crippen LogP) is 1.90. The molecule has 15 heavy (non-hydrogen) atoms. The maximum absolute atomic E-state index is 12.6. The van der Waals surface area contributed by atoms with E-state index in [2.05, 4.69) is 4.98 Å². The van der Waals surface area contributed by atoms with Crippen LogP contribution in [0, 0.1) is 18.3 Å². The highest BCUT2D eigenvalue weighted by Crippen LogP contribution is 2.27. The van der Waals surface area contributed by atoms with Gasteiger partial charge in [-0.05, 0) is 6.92 Å². The quantitative estimate of drug-likeness (QED) is 0.812. The molecule has 4 nitrogen and oxygen atoms in total. The summed E-state index contributed by atoms with van der Waals surface area (Å²) in [5, 5.41) is 17.3. The number of aryl methyl sites for hydroxylation is 1. The molecule has 0 amide bonds. The Morgan fingerprint density at radius 1 is 1.67 bits per heavy atom. The topological polar surface area (TPSA) is 74.0 Å². The van der Waals surface area contributed by atoms with Crippen molar-refractivity contribution in [2.75, 3.05) is 0 Å². The Morgan fingerprint density at radius 2 is 2.27 bits per heavy atom. The highest BCUT2D eigenvalue weighted by molar-refractivity contribution is 5.91. The van der Waals surface area contributed by atoms with Crippen molar-refractivity contribution in [1.29, 1.82) is 5.26 Å². The van der Waals surface area contributed by atoms with Gasteiger partial charge in [-0.15, -0.1) is 0 Å². The predicted molar refractivity (Wildman–Crippen MR) is 45.6 cm³/mol. The molecule has 0 aromatic carbocycles. The van der Waals surface area contributed by atoms with E-state index < -0.39 is 29.1 Å². The fraction of sp³-hybridized carbons (Fsp3) is 0.222. The lowest BCUT2D eigenvalue weighted by Crippen LogP contribution is -2.09. The number of hydrogen-bond donors (Lipinski definition) is 1. The molecular formula is C9H6F2N2O2. The minimum absolute atomic E-state index is 0.0307. The first-order valence-electron chi connectivity index (χ1n) is 3.90. The van der Waals surface area contributed by atoms with Crippen LogP contribution in [0.5, 0.6) is 0 Å². The maximum Gasteiger partial charge on any atom is 0.338 e. The standard InChI is InChI=1S/C9H6F2N2O2/c1-4-6(9(14)15)7(8(10)11)5(2-12)3-13-4/h3,8H,1H3,(H,14,15). The first-order valence-corrected chi connectivity index (χ1v) is 3.90. The van der Waals surface area contributed by atoms with Crippen LogP contribution in [0.3, 0.4) is 0 Å². The second-order valence-electron chi connectivity index (χ2n) is 2.76. The zero-order chi connectivity index (χ0) is 11.6. The Morgan fingerprint density at radius 3 is 2.67 bits per heavy atom. The number of pyridine rings is 1. The third kappa shape index (κ3) is 1.91. The number of carbonyl (C=O) groups is 1. The van der Waals surface area contributed by atoms with Gasteiger partial charge in [-0.25, -0.2) is 13.6 Å². The Kier molecular flexibility index (Phi) is 2.95. The van der Waals surface area contributed by atoms with Crippen molar-refractivity contribution in [2.45, 2.75) is 13.3 Å². The van der Waals surface area contributed by atoms with Crippen molar-refractivity contribution < 1.29 is 18.7 Å². The second-order valence-corrected chi connectivity index (χ2v) is 2.76. The van der Waals surface area contributed by atoms with Gasteiger partial charge in [0.15, 0.2) is 0 Å². The molecule has 0 bridgehead atoms. The highest BCUT2D eigenvalue weighted by atomic mass is 19.3. The molecule has 1 aromatic rings. The largest absolute Gasteiger partial charge is 0.478 e. The zero-order valence-corrected chi connectivity index (χ0v) is 7.66. The number of aromatic nitrogens is 1. The number of nitrogens with zero attached hydrogens (tertiary/aromatic N) is 2. The van der Waals surface area contributed by atoms with Crippen molar-refractivity contribution >= 4 is 5.97 Å². The van der Waals surface area contributed by atoms with E-state index in [1.165, 1.54) is 13.0 Å². The summed E-state index contributed by atoms with van der Waals surface area (Å²) in [6.45, 7) is 1.30. The van der Waals surface area contributed by atoms with Crippen LogP contribution in [-0.4, -0.2) is 16.1 Å². The van der Waals surface area contributed by atoms with E-state index in [-0.39, 0.29) is 5.69 Å². The summed E-state index contributed by atoms with van der Waals surface area (Å²) in [6, 6.07) is 1.49. The van der Waals surface area contributed by atoms with Crippen LogP contribution in [0.15, 0.2) is 6.20 Å². The van der Waals surface area contributed by atoms with Gasteiger partial charge in [0.25, 0.3) is 6.43 Å². The summed E-state index contributed by atoms with van der Waals surface area (Å²) in [6.07, 6.45) is -2.06. The lowest BCUT2D eigenvalue weighted by molar-refractivity contribution is 0.0683. The summed E-state index contributed by atoms with van der Waals surface area (Å²) >= 11 is 0. The van der Waals surface area contributed by atoms with E-state index in [0.29, 0.717) is 0 Å². The summed E-state index contributed by atoms with van der Waals surface area (Å²) in [4.78, 5) is 14.3. The van der Waals surface area contributed by atoms with Crippen LogP contribution in [0.4, 0.5) is 8.78 Å². The number of carboxylic acids is 1. The van der Waals surface area contributed by atoms with Crippen LogP contribution < -0.4 is 0 Å². The number of alkyl halides is 2. The third-order valence-corrected chi connectivity index (χ3v) is 1.86. The Balaban J connectivity index is 3.60. The molecule has 1 heterocycles. The molecule has 1 rings (SSSR count). The summed E-state index contributed by atoms with van der Waals surface area (Å²) in [5.41, 5.74) is -1.80. The average Bonchev–Trinajstić information content (AvgIpc) is 2.16. The van der Waals surface area contributed by atoms with Crippen molar-refractivity contribution in [3.63, 3.8) is 0 Å². The molecular weight excluding hydrogens is 206 g/mol. The average molecular weight is 212 g/mol. The van der Waals surface area contributed by atoms with Gasteiger partial charge in [-0.3, -0.25) is 4.98 Å². The van der Waals surface area contributed by atoms with Gasteiger partial charge in [0.1, 0.15) is 6.07 Å². The number of carboxylic acid groups (broad SMARTS) is 1. The summed E-state index contributed by atoms with van der Waals surface area (Å²) in [7, 11) is 0. The molecule has 0 aliphatic heterocycles. The molecule has 78 valence electrons. The highest BCUT2D eigenvalue weighted by Gasteiger charge is 2.24. The summed E-state index contributed by atoms with van der Waals surface area (Å²) < 4.78 is 25.1. The Bertz CT molecular complexity index is 452. The number of hydrogen-bond acceptors (Lipinski definition) is 3. The van der Waals surface area contributed by atoms with E-state index in [4.69, 9.17) is 10.4 Å². The monoisotopic (exact) mass is 212 g/mol. The van der Waals surface area contributed by atoms with Gasteiger partial charge in [0, 0.05) is 6.20 Å². The number of nitriles is 1. The minimum Gasteiger partial charge on any atom is -0.478 e. The SMILES string of the molecule is Cc1ncc(C#N)c(C(F)F)c1C(=O)O. The Hall–Kier alpha value is -2.03. The molecule has 0 spiro atoms. The molecule has 0 atom stereocenters. The van der Waals surface area contributed by atoms with Gasteiger partial charge in [0.05, 0.1) is 22.4 Å². The van der Waals surface area contributed by atoms with E-state index in [9.17, 15) is 13.6 Å². The molecule has 6 heteroatoms. The first-order chi connectivity index (χ1) is 6.99. The van der Waals surface area contributed by atoms with E-state index in [0.717, 1.165) is 6.20 Å².